The van der Waals surface area contributed by atoms with Crippen LogP contribution >= 0.6 is 0 Å². The van der Waals surface area contributed by atoms with E-state index in [-0.39, 0.29) is 19.5 Å². The van der Waals surface area contributed by atoms with E-state index >= 15 is 0 Å². The predicted molar refractivity (Wildman–Crippen MR) is 123 cm³/mol. The molecule has 0 atom stereocenters. The van der Waals surface area contributed by atoms with Crippen LogP contribution in [0.3, 0.4) is 0 Å². The van der Waals surface area contributed by atoms with Gasteiger partial charge in [0.25, 0.3) is 0 Å². The molecule has 0 aromatic rings. The van der Waals surface area contributed by atoms with Crippen molar-refractivity contribution >= 4 is 18.2 Å². The number of esters is 1. The Bertz CT molecular complexity index is 741. The van der Waals surface area contributed by atoms with Crippen LogP contribution in [0.15, 0.2) is 0 Å². The van der Waals surface area contributed by atoms with Crippen molar-refractivity contribution in [2.24, 2.45) is 0 Å². The Morgan fingerprint density at radius 3 is 1.94 bits per heavy atom. The normalized spacial score (nSPS) is 10.6. The van der Waals surface area contributed by atoms with Crippen molar-refractivity contribution in [2.75, 3.05) is 33.3 Å². The van der Waals surface area contributed by atoms with Crippen LogP contribution in [0.4, 0.5) is 9.59 Å². The number of hydrogen-bond acceptors (Lipinski definition) is 6. The molecule has 0 N–H and O–H groups in total. The van der Waals surface area contributed by atoms with Gasteiger partial charge in [-0.3, -0.25) is 4.90 Å². The van der Waals surface area contributed by atoms with E-state index in [0.29, 0.717) is 19.6 Å². The van der Waals surface area contributed by atoms with E-state index in [9.17, 15) is 14.4 Å². The third kappa shape index (κ3) is 15.9. The fraction of sp³-hybridized carbons (Fsp3) is 0.708. The first-order chi connectivity index (χ1) is 14.7. The van der Waals surface area contributed by atoms with Gasteiger partial charge in [0.1, 0.15) is 11.2 Å². The number of hydrogen-bond donors (Lipinski definition) is 0. The Labute approximate surface area is 192 Å². The fourth-order valence-corrected chi connectivity index (χ4v) is 2.01. The minimum atomic E-state index is -0.644. The van der Waals surface area contributed by atoms with Crippen molar-refractivity contribution in [3.05, 3.63) is 0 Å². The van der Waals surface area contributed by atoms with E-state index < -0.39 is 29.4 Å². The molecule has 0 saturated heterocycles. The van der Waals surface area contributed by atoms with Gasteiger partial charge in [0, 0.05) is 38.9 Å². The maximum Gasteiger partial charge on any atom is 0.411 e. The van der Waals surface area contributed by atoms with Crippen molar-refractivity contribution < 1.29 is 28.6 Å². The first-order valence-electron chi connectivity index (χ1n) is 10.8. The number of amides is 2. The molecule has 0 fully saturated rings. The summed E-state index contributed by atoms with van der Waals surface area (Å²) in [5.41, 5.74) is -1.20. The highest BCUT2D eigenvalue weighted by Gasteiger charge is 2.21. The first-order valence-corrected chi connectivity index (χ1v) is 10.8. The maximum absolute atomic E-state index is 12.4. The molecule has 0 aromatic carbocycles. The lowest BCUT2D eigenvalue weighted by Crippen LogP contribution is -2.37. The summed E-state index contributed by atoms with van der Waals surface area (Å²) >= 11 is 0. The molecule has 32 heavy (non-hydrogen) atoms. The van der Waals surface area contributed by atoms with Crippen LogP contribution in [-0.4, -0.2) is 72.4 Å². The molecule has 0 rings (SSSR count). The number of nitrogens with zero attached hydrogens (tertiary/aromatic N) is 2. The fourth-order valence-electron chi connectivity index (χ4n) is 2.01. The van der Waals surface area contributed by atoms with Crippen LogP contribution in [0.5, 0.6) is 0 Å². The molecule has 8 nitrogen and oxygen atoms in total. The van der Waals surface area contributed by atoms with Gasteiger partial charge in [-0.1, -0.05) is 24.7 Å². The zero-order chi connectivity index (χ0) is 24.8. The SMILES string of the molecule is CCCOC(=O)C#CCCN(CC#CCCN(C)C(=O)OC(C)(C)C)C(=O)OC(C)(C)C. The summed E-state index contributed by atoms with van der Waals surface area (Å²) in [6.07, 6.45) is 0.523. The Morgan fingerprint density at radius 2 is 1.38 bits per heavy atom. The lowest BCUT2D eigenvalue weighted by atomic mass is 10.2. The molecule has 0 unspecified atom stereocenters. The lowest BCUT2D eigenvalue weighted by molar-refractivity contribution is -0.136. The number of carbonyl (C=O) groups excluding carboxylic acids is 3. The number of carbonyl (C=O) groups is 3. The highest BCUT2D eigenvalue weighted by Crippen LogP contribution is 2.10. The van der Waals surface area contributed by atoms with E-state index in [0.717, 1.165) is 6.42 Å². The molecule has 0 bridgehead atoms. The van der Waals surface area contributed by atoms with Gasteiger partial charge in [-0.15, -0.1) is 0 Å². The molecule has 8 heteroatoms. The van der Waals surface area contributed by atoms with Crippen LogP contribution in [0.25, 0.3) is 0 Å². The second kappa shape index (κ2) is 14.2. The quantitative estimate of drug-likeness (QED) is 0.254. The molecule has 2 amide bonds. The van der Waals surface area contributed by atoms with Gasteiger partial charge >= 0.3 is 18.2 Å². The maximum atomic E-state index is 12.4. The smallest absolute Gasteiger partial charge is 0.411 e. The standard InChI is InChI=1S/C24H38N2O6/c1-9-19-30-20(27)15-11-14-18-26(22(29)32-24(5,6)7)17-13-10-12-16-25(8)21(28)31-23(2,3)4/h9,12,14,16-19H2,1-8H3. The average Bonchev–Trinajstić information content (AvgIpc) is 2.64. The largest absolute Gasteiger partial charge is 0.456 e. The Kier molecular flexibility index (Phi) is 13.0. The van der Waals surface area contributed by atoms with Gasteiger partial charge in [-0.05, 0) is 48.0 Å². The molecular weight excluding hydrogens is 412 g/mol. The van der Waals surface area contributed by atoms with Crippen LogP contribution in [0.1, 0.15) is 67.7 Å². The summed E-state index contributed by atoms with van der Waals surface area (Å²) in [5.74, 6) is 10.4. The predicted octanol–water partition coefficient (Wildman–Crippen LogP) is 3.83. The van der Waals surface area contributed by atoms with Gasteiger partial charge in [0.15, 0.2) is 0 Å². The monoisotopic (exact) mass is 450 g/mol. The van der Waals surface area contributed by atoms with Crippen LogP contribution in [0, 0.1) is 23.7 Å². The molecule has 0 heterocycles. The van der Waals surface area contributed by atoms with E-state index in [2.05, 4.69) is 23.7 Å². The van der Waals surface area contributed by atoms with Gasteiger partial charge in [-0.25, -0.2) is 14.4 Å². The van der Waals surface area contributed by atoms with Gasteiger partial charge in [-0.2, -0.15) is 0 Å². The minimum Gasteiger partial charge on any atom is -0.456 e. The molecule has 0 radical (unpaired) electrons. The zero-order valence-electron chi connectivity index (χ0n) is 20.8. The molecule has 0 aromatic heterocycles. The summed E-state index contributed by atoms with van der Waals surface area (Å²) in [5, 5.41) is 0. The van der Waals surface area contributed by atoms with Crippen molar-refractivity contribution in [3.8, 4) is 23.7 Å². The van der Waals surface area contributed by atoms with Gasteiger partial charge in [0.2, 0.25) is 0 Å². The molecule has 0 aliphatic heterocycles. The third-order valence-corrected chi connectivity index (χ3v) is 3.46. The van der Waals surface area contributed by atoms with Gasteiger partial charge in [0.05, 0.1) is 13.2 Å². The summed E-state index contributed by atoms with van der Waals surface area (Å²) in [6.45, 7) is 13.8. The molecular formula is C24H38N2O6. The summed E-state index contributed by atoms with van der Waals surface area (Å²) in [7, 11) is 1.65. The van der Waals surface area contributed by atoms with Crippen LogP contribution < -0.4 is 0 Å². The second-order valence-corrected chi connectivity index (χ2v) is 9.10. The zero-order valence-corrected chi connectivity index (χ0v) is 20.8. The lowest BCUT2D eigenvalue weighted by Gasteiger charge is -2.25. The van der Waals surface area contributed by atoms with E-state index in [1.54, 1.807) is 27.8 Å². The third-order valence-electron chi connectivity index (χ3n) is 3.46. The number of rotatable bonds is 7. The number of ether oxygens (including phenoxy) is 3. The second-order valence-electron chi connectivity index (χ2n) is 9.10. The highest BCUT2D eigenvalue weighted by atomic mass is 16.6. The van der Waals surface area contributed by atoms with Crippen LogP contribution in [0.2, 0.25) is 0 Å². The van der Waals surface area contributed by atoms with E-state index in [4.69, 9.17) is 14.2 Å². The van der Waals surface area contributed by atoms with Crippen LogP contribution in [-0.2, 0) is 19.0 Å². The van der Waals surface area contributed by atoms with Gasteiger partial charge < -0.3 is 19.1 Å². The minimum absolute atomic E-state index is 0.146. The van der Waals surface area contributed by atoms with E-state index in [1.807, 2.05) is 27.7 Å². The summed E-state index contributed by atoms with van der Waals surface area (Å²) < 4.78 is 15.6. The summed E-state index contributed by atoms with van der Waals surface area (Å²) in [6, 6.07) is 0. The highest BCUT2D eigenvalue weighted by molar-refractivity contribution is 5.88. The molecule has 0 spiro atoms. The average molecular weight is 451 g/mol. The van der Waals surface area contributed by atoms with Crippen molar-refractivity contribution in [2.45, 2.75) is 78.9 Å². The molecule has 0 saturated carbocycles. The van der Waals surface area contributed by atoms with Crippen molar-refractivity contribution in [1.29, 1.82) is 0 Å². The molecule has 0 aliphatic carbocycles. The topological polar surface area (TPSA) is 85.4 Å². The molecule has 180 valence electrons. The summed E-state index contributed by atoms with van der Waals surface area (Å²) in [4.78, 5) is 38.7. The Balaban J connectivity index is 4.79. The first kappa shape index (κ1) is 29.1. The Hall–Kier alpha value is -2.87. The van der Waals surface area contributed by atoms with Crippen molar-refractivity contribution in [3.63, 3.8) is 0 Å². The Morgan fingerprint density at radius 1 is 0.812 bits per heavy atom. The van der Waals surface area contributed by atoms with Crippen molar-refractivity contribution in [1.82, 2.24) is 9.80 Å². The molecule has 0 aliphatic rings. The van der Waals surface area contributed by atoms with E-state index in [1.165, 1.54) is 9.80 Å².